The fraction of sp³-hybridized carbons (Fsp3) is 0.450. The SMILES string of the molecule is CCCc1cc(C(=O)N2Cc3ccccc3C(C)(C)C2)sc1C. The monoisotopic (exact) mass is 327 g/mol. The van der Waals surface area contributed by atoms with E-state index in [1.54, 1.807) is 11.3 Å². The molecule has 0 saturated carbocycles. The first-order valence-corrected chi connectivity index (χ1v) is 9.21. The van der Waals surface area contributed by atoms with E-state index >= 15 is 0 Å². The predicted molar refractivity (Wildman–Crippen MR) is 97.3 cm³/mol. The van der Waals surface area contributed by atoms with E-state index in [4.69, 9.17) is 0 Å². The van der Waals surface area contributed by atoms with Gasteiger partial charge in [-0.15, -0.1) is 11.3 Å². The van der Waals surface area contributed by atoms with Crippen LogP contribution in [0.4, 0.5) is 0 Å². The van der Waals surface area contributed by atoms with Crippen molar-refractivity contribution in [3.63, 3.8) is 0 Å². The Balaban J connectivity index is 1.88. The van der Waals surface area contributed by atoms with Crippen molar-refractivity contribution in [2.45, 2.75) is 52.5 Å². The fourth-order valence-electron chi connectivity index (χ4n) is 3.58. The average molecular weight is 327 g/mol. The van der Waals surface area contributed by atoms with E-state index in [9.17, 15) is 4.79 Å². The van der Waals surface area contributed by atoms with Crippen LogP contribution in [0.3, 0.4) is 0 Å². The van der Waals surface area contributed by atoms with Crippen LogP contribution in [0.2, 0.25) is 0 Å². The molecule has 0 saturated heterocycles. The van der Waals surface area contributed by atoms with E-state index in [-0.39, 0.29) is 11.3 Å². The van der Waals surface area contributed by atoms with Gasteiger partial charge in [-0.25, -0.2) is 0 Å². The minimum absolute atomic E-state index is 0.00303. The third kappa shape index (κ3) is 3.07. The lowest BCUT2D eigenvalue weighted by Crippen LogP contribution is -2.44. The lowest BCUT2D eigenvalue weighted by molar-refractivity contribution is 0.0691. The van der Waals surface area contributed by atoms with E-state index in [2.05, 4.69) is 58.0 Å². The van der Waals surface area contributed by atoms with Gasteiger partial charge < -0.3 is 4.90 Å². The highest BCUT2D eigenvalue weighted by Gasteiger charge is 2.34. The molecule has 0 radical (unpaired) electrons. The molecule has 1 aliphatic rings. The summed E-state index contributed by atoms with van der Waals surface area (Å²) < 4.78 is 0. The Morgan fingerprint density at radius 3 is 2.78 bits per heavy atom. The topological polar surface area (TPSA) is 20.3 Å². The van der Waals surface area contributed by atoms with Crippen LogP contribution >= 0.6 is 11.3 Å². The maximum absolute atomic E-state index is 13.0. The Morgan fingerprint density at radius 2 is 2.04 bits per heavy atom. The molecule has 23 heavy (non-hydrogen) atoms. The summed E-state index contributed by atoms with van der Waals surface area (Å²) in [6.45, 7) is 10.3. The standard InChI is InChI=1S/C20H25NOS/c1-5-8-15-11-18(23-14(15)2)19(22)21-12-16-9-6-7-10-17(16)20(3,4)13-21/h6-7,9-11H,5,8,12-13H2,1-4H3. The van der Waals surface area contributed by atoms with Gasteiger partial charge in [-0.3, -0.25) is 4.79 Å². The molecule has 1 amide bonds. The molecule has 2 aromatic rings. The summed E-state index contributed by atoms with van der Waals surface area (Å²) in [5, 5.41) is 0. The highest BCUT2D eigenvalue weighted by atomic mass is 32.1. The molecule has 0 aliphatic carbocycles. The zero-order valence-electron chi connectivity index (χ0n) is 14.5. The summed E-state index contributed by atoms with van der Waals surface area (Å²) in [4.78, 5) is 17.2. The molecular formula is C20H25NOS. The number of hydrogen-bond donors (Lipinski definition) is 0. The summed E-state index contributed by atoms with van der Waals surface area (Å²) in [5.41, 5.74) is 3.98. The Kier molecular flexibility index (Phi) is 4.33. The van der Waals surface area contributed by atoms with Crippen molar-refractivity contribution in [1.82, 2.24) is 4.90 Å². The number of benzene rings is 1. The van der Waals surface area contributed by atoms with Crippen LogP contribution in [0.5, 0.6) is 0 Å². The van der Waals surface area contributed by atoms with Gasteiger partial charge >= 0.3 is 0 Å². The van der Waals surface area contributed by atoms with Gasteiger partial charge in [0.05, 0.1) is 4.88 Å². The molecule has 0 unspecified atom stereocenters. The number of carbonyl (C=O) groups is 1. The Hall–Kier alpha value is -1.61. The van der Waals surface area contributed by atoms with Gasteiger partial charge in [0.1, 0.15) is 0 Å². The normalized spacial score (nSPS) is 16.3. The van der Waals surface area contributed by atoms with Crippen LogP contribution in [0, 0.1) is 6.92 Å². The molecular weight excluding hydrogens is 302 g/mol. The van der Waals surface area contributed by atoms with Crippen LogP contribution in [-0.4, -0.2) is 17.4 Å². The minimum Gasteiger partial charge on any atom is -0.333 e. The zero-order chi connectivity index (χ0) is 16.6. The smallest absolute Gasteiger partial charge is 0.264 e. The number of aryl methyl sites for hydroxylation is 2. The first-order valence-electron chi connectivity index (χ1n) is 8.39. The second-order valence-electron chi connectivity index (χ2n) is 7.14. The average Bonchev–Trinajstić information content (AvgIpc) is 2.87. The van der Waals surface area contributed by atoms with E-state index < -0.39 is 0 Å². The lowest BCUT2D eigenvalue weighted by Gasteiger charge is -2.39. The van der Waals surface area contributed by atoms with Gasteiger partial charge in [0, 0.05) is 23.4 Å². The van der Waals surface area contributed by atoms with Gasteiger partial charge in [0.25, 0.3) is 5.91 Å². The maximum Gasteiger partial charge on any atom is 0.264 e. The summed E-state index contributed by atoms with van der Waals surface area (Å²) in [5.74, 6) is 0.183. The van der Waals surface area contributed by atoms with Crippen molar-refractivity contribution < 1.29 is 4.79 Å². The van der Waals surface area contributed by atoms with E-state index in [1.807, 2.05) is 4.90 Å². The maximum atomic E-state index is 13.0. The minimum atomic E-state index is 0.00303. The van der Waals surface area contributed by atoms with Gasteiger partial charge in [-0.1, -0.05) is 51.5 Å². The summed E-state index contributed by atoms with van der Waals surface area (Å²) in [6, 6.07) is 10.6. The third-order valence-electron chi connectivity index (χ3n) is 4.73. The molecule has 3 heteroatoms. The molecule has 122 valence electrons. The van der Waals surface area contributed by atoms with Crippen LogP contribution < -0.4 is 0 Å². The van der Waals surface area contributed by atoms with Crippen molar-refractivity contribution >= 4 is 17.2 Å². The Labute approximate surface area is 143 Å². The molecule has 2 nitrogen and oxygen atoms in total. The van der Waals surface area contributed by atoms with Crippen LogP contribution in [0.15, 0.2) is 30.3 Å². The highest BCUT2D eigenvalue weighted by molar-refractivity contribution is 7.14. The molecule has 2 heterocycles. The van der Waals surface area contributed by atoms with Crippen molar-refractivity contribution in [3.8, 4) is 0 Å². The summed E-state index contributed by atoms with van der Waals surface area (Å²) >= 11 is 1.65. The number of thiophene rings is 1. The van der Waals surface area contributed by atoms with Crippen molar-refractivity contribution in [2.75, 3.05) is 6.54 Å². The van der Waals surface area contributed by atoms with Gasteiger partial charge in [-0.2, -0.15) is 0 Å². The van der Waals surface area contributed by atoms with E-state index in [0.29, 0.717) is 0 Å². The number of fused-ring (bicyclic) bond motifs is 1. The third-order valence-corrected chi connectivity index (χ3v) is 5.81. The quantitative estimate of drug-likeness (QED) is 0.781. The van der Waals surface area contributed by atoms with E-state index in [0.717, 1.165) is 30.8 Å². The van der Waals surface area contributed by atoms with Crippen LogP contribution in [0.1, 0.15) is 58.4 Å². The van der Waals surface area contributed by atoms with Crippen molar-refractivity contribution in [1.29, 1.82) is 0 Å². The second-order valence-corrected chi connectivity index (χ2v) is 8.40. The summed E-state index contributed by atoms with van der Waals surface area (Å²) in [6.07, 6.45) is 2.18. The molecule has 1 aromatic carbocycles. The molecule has 1 aliphatic heterocycles. The second kappa shape index (κ2) is 6.12. The van der Waals surface area contributed by atoms with Crippen molar-refractivity contribution in [3.05, 3.63) is 56.8 Å². The van der Waals surface area contributed by atoms with Crippen LogP contribution in [-0.2, 0) is 18.4 Å². The van der Waals surface area contributed by atoms with Gasteiger partial charge in [0.15, 0.2) is 0 Å². The molecule has 3 rings (SSSR count). The molecule has 0 fully saturated rings. The predicted octanol–water partition coefficient (Wildman–Crippen LogP) is 4.94. The molecule has 0 spiro atoms. The lowest BCUT2D eigenvalue weighted by atomic mass is 9.78. The summed E-state index contributed by atoms with van der Waals surface area (Å²) in [7, 11) is 0. The number of amides is 1. The van der Waals surface area contributed by atoms with E-state index in [1.165, 1.54) is 21.6 Å². The fourth-order valence-corrected chi connectivity index (χ4v) is 4.62. The number of nitrogens with zero attached hydrogens (tertiary/aromatic N) is 1. The highest BCUT2D eigenvalue weighted by Crippen LogP contribution is 2.34. The largest absolute Gasteiger partial charge is 0.333 e. The molecule has 1 aromatic heterocycles. The van der Waals surface area contributed by atoms with Gasteiger partial charge in [0.2, 0.25) is 0 Å². The Morgan fingerprint density at radius 1 is 1.30 bits per heavy atom. The Bertz CT molecular complexity index is 729. The van der Waals surface area contributed by atoms with Crippen molar-refractivity contribution in [2.24, 2.45) is 0 Å². The van der Waals surface area contributed by atoms with Crippen LogP contribution in [0.25, 0.3) is 0 Å². The number of carbonyl (C=O) groups excluding carboxylic acids is 1. The molecule has 0 N–H and O–H groups in total. The number of hydrogen-bond acceptors (Lipinski definition) is 2. The number of rotatable bonds is 3. The zero-order valence-corrected chi connectivity index (χ0v) is 15.3. The molecule has 0 bridgehead atoms. The first kappa shape index (κ1) is 16.3. The molecule has 0 atom stereocenters. The van der Waals surface area contributed by atoms with Gasteiger partial charge in [-0.05, 0) is 36.1 Å². The first-order chi connectivity index (χ1) is 10.9.